The molecule has 1 heterocycles. The fourth-order valence-corrected chi connectivity index (χ4v) is 2.71. The highest BCUT2D eigenvalue weighted by molar-refractivity contribution is 6.30. The molecule has 1 aliphatic heterocycles. The first kappa shape index (κ1) is 13.7. The lowest BCUT2D eigenvalue weighted by Crippen LogP contribution is -2.54. The van der Waals surface area contributed by atoms with Crippen LogP contribution < -0.4 is 10.2 Å². The topological polar surface area (TPSA) is 18.5 Å². The van der Waals surface area contributed by atoms with Gasteiger partial charge in [-0.2, -0.15) is 0 Å². The number of benzene rings is 1. The number of aryl methyl sites for hydroxylation is 1. The Morgan fingerprint density at radius 3 is 2.89 bits per heavy atom. The number of piperazine rings is 1. The highest BCUT2D eigenvalue weighted by Gasteiger charge is 2.24. The van der Waals surface area contributed by atoms with Crippen LogP contribution in [0.5, 0.6) is 0 Å². The molecule has 1 unspecified atom stereocenters. The van der Waals surface area contributed by atoms with Gasteiger partial charge in [0, 0.05) is 42.9 Å². The number of halogens is 1. The van der Waals surface area contributed by atoms with Gasteiger partial charge in [-0.1, -0.05) is 17.7 Å². The van der Waals surface area contributed by atoms with Gasteiger partial charge in [-0.15, -0.1) is 0 Å². The van der Waals surface area contributed by atoms with Gasteiger partial charge in [0.1, 0.15) is 0 Å². The molecule has 1 aromatic carbocycles. The molecule has 1 fully saturated rings. The third-order valence-corrected chi connectivity index (χ3v) is 3.96. The van der Waals surface area contributed by atoms with Crippen LogP contribution in [0.1, 0.15) is 5.56 Å². The summed E-state index contributed by atoms with van der Waals surface area (Å²) in [6.07, 6.45) is 0. The van der Waals surface area contributed by atoms with Gasteiger partial charge < -0.3 is 10.2 Å². The highest BCUT2D eigenvalue weighted by Crippen LogP contribution is 2.26. The van der Waals surface area contributed by atoms with Gasteiger partial charge in [0.05, 0.1) is 0 Å². The Labute approximate surface area is 115 Å². The van der Waals surface area contributed by atoms with Gasteiger partial charge >= 0.3 is 0 Å². The molecule has 1 saturated heterocycles. The molecule has 18 heavy (non-hydrogen) atoms. The van der Waals surface area contributed by atoms with E-state index in [-0.39, 0.29) is 0 Å². The molecule has 1 aromatic rings. The van der Waals surface area contributed by atoms with E-state index in [9.17, 15) is 0 Å². The molecule has 1 N–H and O–H groups in total. The number of anilines is 1. The lowest BCUT2D eigenvalue weighted by Gasteiger charge is -2.41. The van der Waals surface area contributed by atoms with Crippen LogP contribution in [-0.4, -0.2) is 51.2 Å². The molecule has 0 radical (unpaired) electrons. The Morgan fingerprint density at radius 2 is 2.17 bits per heavy atom. The van der Waals surface area contributed by atoms with E-state index in [0.29, 0.717) is 6.04 Å². The maximum atomic E-state index is 6.11. The van der Waals surface area contributed by atoms with Crippen molar-refractivity contribution in [2.45, 2.75) is 13.0 Å². The Morgan fingerprint density at radius 1 is 1.39 bits per heavy atom. The summed E-state index contributed by atoms with van der Waals surface area (Å²) in [5.41, 5.74) is 2.57. The Kier molecular flexibility index (Phi) is 4.49. The minimum Gasteiger partial charge on any atom is -0.368 e. The van der Waals surface area contributed by atoms with Crippen molar-refractivity contribution >= 4 is 17.3 Å². The van der Waals surface area contributed by atoms with Crippen molar-refractivity contribution in [2.24, 2.45) is 0 Å². The molecular formula is C14H22ClN3. The van der Waals surface area contributed by atoms with Crippen molar-refractivity contribution in [3.8, 4) is 0 Å². The van der Waals surface area contributed by atoms with E-state index in [1.54, 1.807) is 0 Å². The Bertz CT molecular complexity index is 408. The van der Waals surface area contributed by atoms with Crippen molar-refractivity contribution in [1.29, 1.82) is 0 Å². The van der Waals surface area contributed by atoms with Gasteiger partial charge in [-0.05, 0) is 38.7 Å². The average Bonchev–Trinajstić information content (AvgIpc) is 2.35. The van der Waals surface area contributed by atoms with Gasteiger partial charge in [-0.25, -0.2) is 0 Å². The summed E-state index contributed by atoms with van der Waals surface area (Å²) in [5.74, 6) is 0. The summed E-state index contributed by atoms with van der Waals surface area (Å²) in [5, 5.41) is 4.09. The Balaban J connectivity index is 2.16. The molecule has 4 heteroatoms. The maximum Gasteiger partial charge on any atom is 0.0426 e. The lowest BCUT2D eigenvalue weighted by atomic mass is 10.1. The van der Waals surface area contributed by atoms with Crippen molar-refractivity contribution in [1.82, 2.24) is 10.2 Å². The predicted molar refractivity (Wildman–Crippen MR) is 78.7 cm³/mol. The Hall–Kier alpha value is -0.770. The van der Waals surface area contributed by atoms with E-state index in [2.05, 4.69) is 41.2 Å². The molecule has 0 saturated carbocycles. The van der Waals surface area contributed by atoms with E-state index in [1.807, 2.05) is 13.1 Å². The number of likely N-dealkylation sites (N-methyl/N-ethyl adjacent to an activating group) is 2. The van der Waals surface area contributed by atoms with Gasteiger partial charge in [0.25, 0.3) is 0 Å². The molecule has 0 spiro atoms. The summed E-state index contributed by atoms with van der Waals surface area (Å²) in [6.45, 7) is 6.39. The van der Waals surface area contributed by atoms with Crippen molar-refractivity contribution in [3.05, 3.63) is 28.8 Å². The van der Waals surface area contributed by atoms with Crippen LogP contribution in [0.25, 0.3) is 0 Å². The van der Waals surface area contributed by atoms with Crippen molar-refractivity contribution in [3.63, 3.8) is 0 Å². The molecule has 0 aliphatic carbocycles. The fourth-order valence-electron chi connectivity index (χ4n) is 2.54. The number of nitrogens with zero attached hydrogens (tertiary/aromatic N) is 2. The molecule has 100 valence electrons. The summed E-state index contributed by atoms with van der Waals surface area (Å²) in [4.78, 5) is 4.87. The fraction of sp³-hybridized carbons (Fsp3) is 0.571. The zero-order chi connectivity index (χ0) is 13.1. The van der Waals surface area contributed by atoms with Gasteiger partial charge in [0.15, 0.2) is 0 Å². The standard InChI is InChI=1S/C14H22ClN3/c1-11-4-5-12(15)8-14(11)18-7-6-17(3)13(10-18)9-16-2/h4-5,8,13,16H,6-7,9-10H2,1-3H3. The molecular weight excluding hydrogens is 246 g/mol. The number of rotatable bonds is 3. The molecule has 1 atom stereocenters. The predicted octanol–water partition coefficient (Wildman–Crippen LogP) is 1.99. The van der Waals surface area contributed by atoms with Crippen LogP contribution in [0.15, 0.2) is 18.2 Å². The van der Waals surface area contributed by atoms with Gasteiger partial charge in [-0.3, -0.25) is 4.90 Å². The number of hydrogen-bond acceptors (Lipinski definition) is 3. The van der Waals surface area contributed by atoms with Crippen molar-refractivity contribution in [2.75, 3.05) is 45.2 Å². The summed E-state index contributed by atoms with van der Waals surface area (Å²) in [7, 11) is 4.21. The normalized spacial score (nSPS) is 21.3. The molecule has 2 rings (SSSR count). The third-order valence-electron chi connectivity index (χ3n) is 3.73. The maximum absolute atomic E-state index is 6.11. The smallest absolute Gasteiger partial charge is 0.0426 e. The van der Waals surface area contributed by atoms with E-state index in [0.717, 1.165) is 31.2 Å². The minimum absolute atomic E-state index is 0.558. The van der Waals surface area contributed by atoms with Crippen LogP contribution in [0, 0.1) is 6.92 Å². The van der Waals surface area contributed by atoms with Crippen LogP contribution >= 0.6 is 11.6 Å². The third kappa shape index (κ3) is 2.97. The lowest BCUT2D eigenvalue weighted by molar-refractivity contribution is 0.216. The van der Waals surface area contributed by atoms with E-state index < -0.39 is 0 Å². The summed E-state index contributed by atoms with van der Waals surface area (Å²) < 4.78 is 0. The van der Waals surface area contributed by atoms with Crippen LogP contribution in [0.3, 0.4) is 0 Å². The second kappa shape index (κ2) is 5.91. The van der Waals surface area contributed by atoms with E-state index in [4.69, 9.17) is 11.6 Å². The zero-order valence-corrected chi connectivity index (χ0v) is 12.2. The zero-order valence-electron chi connectivity index (χ0n) is 11.4. The SMILES string of the molecule is CNCC1CN(c2cc(Cl)ccc2C)CCN1C. The van der Waals surface area contributed by atoms with Gasteiger partial charge in [0.2, 0.25) is 0 Å². The average molecular weight is 268 g/mol. The number of nitrogens with one attached hydrogen (secondary N) is 1. The monoisotopic (exact) mass is 267 g/mol. The van der Waals surface area contributed by atoms with Crippen molar-refractivity contribution < 1.29 is 0 Å². The first-order chi connectivity index (χ1) is 8.61. The van der Waals surface area contributed by atoms with E-state index >= 15 is 0 Å². The second-order valence-corrected chi connectivity index (χ2v) is 5.51. The summed E-state index contributed by atoms with van der Waals surface area (Å²) in [6, 6.07) is 6.70. The first-order valence-electron chi connectivity index (χ1n) is 6.47. The molecule has 3 nitrogen and oxygen atoms in total. The van der Waals surface area contributed by atoms with Crippen LogP contribution in [-0.2, 0) is 0 Å². The molecule has 0 amide bonds. The quantitative estimate of drug-likeness (QED) is 0.904. The molecule has 1 aliphatic rings. The van der Waals surface area contributed by atoms with Crippen LogP contribution in [0.4, 0.5) is 5.69 Å². The molecule has 0 aromatic heterocycles. The second-order valence-electron chi connectivity index (χ2n) is 5.07. The number of hydrogen-bond donors (Lipinski definition) is 1. The summed E-state index contributed by atoms with van der Waals surface area (Å²) >= 11 is 6.11. The molecule has 0 bridgehead atoms. The highest BCUT2D eigenvalue weighted by atomic mass is 35.5. The van der Waals surface area contributed by atoms with E-state index in [1.165, 1.54) is 11.3 Å². The largest absolute Gasteiger partial charge is 0.368 e. The minimum atomic E-state index is 0.558. The van der Waals surface area contributed by atoms with Crippen LogP contribution in [0.2, 0.25) is 5.02 Å². The first-order valence-corrected chi connectivity index (χ1v) is 6.85.